The Morgan fingerprint density at radius 1 is 0.471 bits per heavy atom. The standard InChI is InChI=1S/C10H21N.C9H19N.C8H17N.2C2H6/c1-10(2,3)9-5-7-11(4)8-6-9;1-9(2,3)10-7-5-4-6-8-10;1-8(2,3)9-6-4-5-7-9;2*1-2/h9H,5-8H2,1-4H3;4-8H2,1-3H3;4-7H2,1-3H3;2*1-2H3. The molecule has 3 nitrogen and oxygen atoms in total. The fourth-order valence-electron chi connectivity index (χ4n) is 4.83. The highest BCUT2D eigenvalue weighted by atomic mass is 15.2. The number of nitrogens with zero attached hydrogens (tertiary/aromatic N) is 3. The van der Waals surface area contributed by atoms with Crippen molar-refractivity contribution in [3.05, 3.63) is 0 Å². The number of piperidine rings is 2. The van der Waals surface area contributed by atoms with E-state index in [-0.39, 0.29) is 0 Å². The summed E-state index contributed by atoms with van der Waals surface area (Å²) in [5.74, 6) is 0.943. The summed E-state index contributed by atoms with van der Waals surface area (Å²) in [4.78, 5) is 7.56. The van der Waals surface area contributed by atoms with Crippen molar-refractivity contribution >= 4 is 0 Å². The molecule has 3 aliphatic rings. The molecule has 0 aromatic heterocycles. The van der Waals surface area contributed by atoms with Gasteiger partial charge in [0.25, 0.3) is 0 Å². The van der Waals surface area contributed by atoms with E-state index in [4.69, 9.17) is 0 Å². The average molecular weight is 484 g/mol. The summed E-state index contributed by atoms with van der Waals surface area (Å²) in [6, 6.07) is 0. The van der Waals surface area contributed by atoms with Gasteiger partial charge in [-0.15, -0.1) is 0 Å². The van der Waals surface area contributed by atoms with Crippen molar-refractivity contribution < 1.29 is 0 Å². The fourth-order valence-corrected chi connectivity index (χ4v) is 4.83. The molecule has 3 heteroatoms. The fraction of sp³-hybridized carbons (Fsp3) is 1.00. The van der Waals surface area contributed by atoms with Gasteiger partial charge in [-0.2, -0.15) is 0 Å². The lowest BCUT2D eigenvalue weighted by atomic mass is 9.75. The second kappa shape index (κ2) is 18.2. The maximum atomic E-state index is 2.58. The highest BCUT2D eigenvalue weighted by Crippen LogP contribution is 2.33. The smallest absolute Gasteiger partial charge is 0.0125 e. The van der Waals surface area contributed by atoms with Gasteiger partial charge in [-0.25, -0.2) is 0 Å². The van der Waals surface area contributed by atoms with E-state index in [0.29, 0.717) is 16.5 Å². The summed E-state index contributed by atoms with van der Waals surface area (Å²) in [5, 5.41) is 0. The van der Waals surface area contributed by atoms with Crippen LogP contribution in [0, 0.1) is 11.3 Å². The first-order chi connectivity index (χ1) is 15.7. The van der Waals surface area contributed by atoms with Crippen LogP contribution in [0.15, 0.2) is 0 Å². The maximum Gasteiger partial charge on any atom is 0.0125 e. The minimum absolute atomic E-state index is 0.403. The van der Waals surface area contributed by atoms with Crippen molar-refractivity contribution in [1.82, 2.24) is 14.7 Å². The summed E-state index contributed by atoms with van der Waals surface area (Å²) >= 11 is 0. The lowest BCUT2D eigenvalue weighted by Crippen LogP contribution is -2.44. The van der Waals surface area contributed by atoms with Crippen molar-refractivity contribution in [1.29, 1.82) is 0 Å². The first-order valence-electron chi connectivity index (χ1n) is 14.9. The van der Waals surface area contributed by atoms with Crippen LogP contribution >= 0.6 is 0 Å². The molecule has 3 fully saturated rings. The minimum Gasteiger partial charge on any atom is -0.306 e. The van der Waals surface area contributed by atoms with E-state index in [1.54, 1.807) is 0 Å². The Hall–Kier alpha value is -0.120. The second-order valence-electron chi connectivity index (χ2n) is 13.0. The van der Waals surface area contributed by atoms with Crippen molar-refractivity contribution in [3.63, 3.8) is 0 Å². The van der Waals surface area contributed by atoms with Gasteiger partial charge >= 0.3 is 0 Å². The van der Waals surface area contributed by atoms with Crippen molar-refractivity contribution in [2.75, 3.05) is 46.3 Å². The van der Waals surface area contributed by atoms with Gasteiger partial charge in [0.1, 0.15) is 0 Å². The van der Waals surface area contributed by atoms with E-state index in [1.165, 1.54) is 84.2 Å². The van der Waals surface area contributed by atoms with E-state index >= 15 is 0 Å². The topological polar surface area (TPSA) is 9.72 Å². The van der Waals surface area contributed by atoms with Crippen LogP contribution in [0.1, 0.15) is 135 Å². The van der Waals surface area contributed by atoms with Crippen LogP contribution in [0.25, 0.3) is 0 Å². The van der Waals surface area contributed by atoms with Crippen LogP contribution in [-0.4, -0.2) is 72.1 Å². The Bertz CT molecular complexity index is 433. The molecule has 3 saturated heterocycles. The van der Waals surface area contributed by atoms with Gasteiger partial charge < -0.3 is 4.90 Å². The first-order valence-corrected chi connectivity index (χ1v) is 14.9. The molecule has 0 N–H and O–H groups in total. The van der Waals surface area contributed by atoms with E-state index in [9.17, 15) is 0 Å². The average Bonchev–Trinajstić information content (AvgIpc) is 3.33. The predicted octanol–water partition coefficient (Wildman–Crippen LogP) is 8.58. The third-order valence-corrected chi connectivity index (χ3v) is 7.30. The van der Waals surface area contributed by atoms with Gasteiger partial charge in [0.2, 0.25) is 0 Å². The van der Waals surface area contributed by atoms with Crippen LogP contribution in [0.2, 0.25) is 0 Å². The van der Waals surface area contributed by atoms with Gasteiger partial charge in [-0.05, 0) is 138 Å². The van der Waals surface area contributed by atoms with E-state index in [0.717, 1.165) is 5.92 Å². The Morgan fingerprint density at radius 3 is 1.00 bits per heavy atom. The minimum atomic E-state index is 0.403. The molecule has 0 atom stereocenters. The monoisotopic (exact) mass is 484 g/mol. The molecule has 0 bridgehead atoms. The molecule has 0 aromatic rings. The zero-order valence-electron chi connectivity index (χ0n) is 26.6. The molecule has 0 radical (unpaired) electrons. The van der Waals surface area contributed by atoms with Gasteiger partial charge in [0.15, 0.2) is 0 Å². The molecule has 0 saturated carbocycles. The van der Waals surface area contributed by atoms with Crippen LogP contribution in [-0.2, 0) is 0 Å². The van der Waals surface area contributed by atoms with Crippen LogP contribution < -0.4 is 0 Å². The molecule has 34 heavy (non-hydrogen) atoms. The van der Waals surface area contributed by atoms with Gasteiger partial charge in [-0.1, -0.05) is 54.9 Å². The molecule has 0 aliphatic carbocycles. The molecular formula is C31H69N3. The Kier molecular flexibility index (Phi) is 19.3. The summed E-state index contributed by atoms with van der Waals surface area (Å²) in [6.45, 7) is 36.7. The van der Waals surface area contributed by atoms with Crippen LogP contribution in [0.4, 0.5) is 0 Å². The molecular weight excluding hydrogens is 414 g/mol. The Morgan fingerprint density at radius 2 is 0.765 bits per heavy atom. The van der Waals surface area contributed by atoms with Crippen molar-refractivity contribution in [2.24, 2.45) is 11.3 Å². The molecule has 3 rings (SSSR count). The molecule has 0 amide bonds. The number of hydrogen-bond acceptors (Lipinski definition) is 3. The third-order valence-electron chi connectivity index (χ3n) is 7.30. The summed E-state index contributed by atoms with van der Waals surface area (Å²) < 4.78 is 0. The lowest BCUT2D eigenvalue weighted by Gasteiger charge is -2.38. The Balaban J connectivity index is 0. The maximum absolute atomic E-state index is 2.58. The molecule has 0 aromatic carbocycles. The van der Waals surface area contributed by atoms with E-state index < -0.39 is 0 Å². The molecule has 3 heterocycles. The van der Waals surface area contributed by atoms with Gasteiger partial charge in [-0.3, -0.25) is 9.80 Å². The zero-order chi connectivity index (χ0) is 27.0. The summed E-state index contributed by atoms with van der Waals surface area (Å²) in [7, 11) is 2.22. The molecule has 0 spiro atoms. The van der Waals surface area contributed by atoms with Crippen molar-refractivity contribution in [2.45, 2.75) is 146 Å². The number of likely N-dealkylation sites (tertiary alicyclic amines) is 3. The second-order valence-corrected chi connectivity index (χ2v) is 13.0. The number of hydrogen-bond donors (Lipinski definition) is 0. The quantitative estimate of drug-likeness (QED) is 0.341. The highest BCUT2D eigenvalue weighted by molar-refractivity contribution is 4.80. The van der Waals surface area contributed by atoms with Gasteiger partial charge in [0, 0.05) is 11.1 Å². The van der Waals surface area contributed by atoms with Crippen LogP contribution in [0.5, 0.6) is 0 Å². The van der Waals surface area contributed by atoms with Crippen LogP contribution in [0.3, 0.4) is 0 Å². The summed E-state index contributed by atoms with van der Waals surface area (Å²) in [6.07, 6.45) is 9.82. The summed E-state index contributed by atoms with van der Waals surface area (Å²) in [5.41, 5.74) is 1.35. The number of rotatable bonds is 0. The SMILES string of the molecule is CC.CC.CC(C)(C)N1CCCC1.CC(C)(C)N1CCCCC1.CN1CCC(C(C)(C)C)CC1. The Labute approximate surface area is 218 Å². The molecule has 3 aliphatic heterocycles. The zero-order valence-corrected chi connectivity index (χ0v) is 26.6. The third kappa shape index (κ3) is 16.5. The van der Waals surface area contributed by atoms with Gasteiger partial charge in [0.05, 0.1) is 0 Å². The van der Waals surface area contributed by atoms with E-state index in [1.807, 2.05) is 27.7 Å². The van der Waals surface area contributed by atoms with Crippen molar-refractivity contribution in [3.8, 4) is 0 Å². The lowest BCUT2D eigenvalue weighted by molar-refractivity contribution is 0.111. The first kappa shape index (κ1) is 36.0. The predicted molar refractivity (Wildman–Crippen MR) is 158 cm³/mol. The normalized spacial score (nSPS) is 21.0. The molecule has 208 valence electrons. The molecule has 0 unspecified atom stereocenters. The van der Waals surface area contributed by atoms with E-state index in [2.05, 4.69) is 84.1 Å². The highest BCUT2D eigenvalue weighted by Gasteiger charge is 2.27. The largest absolute Gasteiger partial charge is 0.306 e.